The second-order valence-corrected chi connectivity index (χ2v) is 6.87. The van der Waals surface area contributed by atoms with E-state index in [0.29, 0.717) is 12.0 Å². The number of rotatable bonds is 2. The molecular formula is C16H24N2S. The summed E-state index contributed by atoms with van der Waals surface area (Å²) in [6.07, 6.45) is 1.19. The monoisotopic (exact) mass is 276 g/mol. The molecule has 0 aliphatic carbocycles. The Morgan fingerprint density at radius 3 is 2.42 bits per heavy atom. The molecule has 1 aromatic carbocycles. The van der Waals surface area contributed by atoms with Crippen LogP contribution in [0.4, 0.5) is 5.69 Å². The molecule has 104 valence electrons. The number of thioether (sulfide) groups is 1. The van der Waals surface area contributed by atoms with Crippen molar-refractivity contribution in [3.8, 4) is 0 Å². The molecule has 1 heterocycles. The molecule has 1 N–H and O–H groups in total. The summed E-state index contributed by atoms with van der Waals surface area (Å²) in [7, 11) is 0. The summed E-state index contributed by atoms with van der Waals surface area (Å²) in [6, 6.07) is 4.92. The van der Waals surface area contributed by atoms with Gasteiger partial charge in [0.25, 0.3) is 0 Å². The summed E-state index contributed by atoms with van der Waals surface area (Å²) in [6.45, 7) is 11.0. The minimum absolute atomic E-state index is 0.467. The Balaban J connectivity index is 2.22. The zero-order valence-electron chi connectivity index (χ0n) is 12.6. The highest BCUT2D eigenvalue weighted by Crippen LogP contribution is 2.27. The van der Waals surface area contributed by atoms with Crippen LogP contribution in [0.15, 0.2) is 17.1 Å². The van der Waals surface area contributed by atoms with Crippen molar-refractivity contribution in [2.45, 2.75) is 47.1 Å². The molecule has 0 radical (unpaired) electrons. The van der Waals surface area contributed by atoms with E-state index in [2.05, 4.69) is 52.1 Å². The largest absolute Gasteiger partial charge is 0.335 e. The van der Waals surface area contributed by atoms with Gasteiger partial charge in [-0.1, -0.05) is 43.3 Å². The molecule has 0 fully saturated rings. The number of amidine groups is 1. The van der Waals surface area contributed by atoms with Crippen LogP contribution in [0.1, 0.15) is 37.0 Å². The van der Waals surface area contributed by atoms with Gasteiger partial charge in [-0.05, 0) is 44.2 Å². The third kappa shape index (κ3) is 3.53. The van der Waals surface area contributed by atoms with Crippen LogP contribution in [0, 0.1) is 26.7 Å². The Morgan fingerprint density at radius 1 is 1.21 bits per heavy atom. The molecule has 1 aromatic rings. The second kappa shape index (κ2) is 6.00. The summed E-state index contributed by atoms with van der Waals surface area (Å²) in [5.41, 5.74) is 5.14. The quantitative estimate of drug-likeness (QED) is 0.857. The first-order valence-electron chi connectivity index (χ1n) is 7.03. The van der Waals surface area contributed by atoms with Gasteiger partial charge in [0.1, 0.15) is 0 Å². The fraction of sp³-hybridized carbons (Fsp3) is 0.562. The summed E-state index contributed by atoms with van der Waals surface area (Å²) >= 11 is 1.84. The van der Waals surface area contributed by atoms with Gasteiger partial charge in [-0.15, -0.1) is 0 Å². The topological polar surface area (TPSA) is 24.4 Å². The lowest BCUT2D eigenvalue weighted by Gasteiger charge is -2.24. The number of aliphatic imine (C=N–C) groups is 1. The van der Waals surface area contributed by atoms with Gasteiger partial charge in [-0.25, -0.2) is 0 Å². The fourth-order valence-electron chi connectivity index (χ4n) is 2.56. The summed E-state index contributed by atoms with van der Waals surface area (Å²) in [4.78, 5) is 4.85. The van der Waals surface area contributed by atoms with E-state index >= 15 is 0 Å². The number of nitrogens with zero attached hydrogens (tertiary/aromatic N) is 1. The maximum atomic E-state index is 4.85. The van der Waals surface area contributed by atoms with Crippen molar-refractivity contribution in [1.29, 1.82) is 0 Å². The first-order chi connectivity index (χ1) is 8.97. The Kier molecular flexibility index (Phi) is 4.56. The molecule has 0 saturated heterocycles. The molecule has 1 atom stereocenters. The highest BCUT2D eigenvalue weighted by atomic mass is 32.2. The molecule has 0 aromatic heterocycles. The van der Waals surface area contributed by atoms with E-state index in [0.717, 1.165) is 5.17 Å². The van der Waals surface area contributed by atoms with Gasteiger partial charge in [-0.3, -0.25) is 4.99 Å². The zero-order valence-corrected chi connectivity index (χ0v) is 13.4. The van der Waals surface area contributed by atoms with Gasteiger partial charge < -0.3 is 5.32 Å². The first-order valence-corrected chi connectivity index (χ1v) is 8.01. The third-order valence-corrected chi connectivity index (χ3v) is 4.53. The first kappa shape index (κ1) is 14.4. The number of hydrogen-bond donors (Lipinski definition) is 1. The number of benzene rings is 1. The Labute approximate surface area is 121 Å². The van der Waals surface area contributed by atoms with Crippen LogP contribution in [0.2, 0.25) is 0 Å². The van der Waals surface area contributed by atoms with Crippen molar-refractivity contribution in [2.75, 3.05) is 11.1 Å². The van der Waals surface area contributed by atoms with Crippen LogP contribution >= 0.6 is 11.8 Å². The highest BCUT2D eigenvalue weighted by molar-refractivity contribution is 8.14. The van der Waals surface area contributed by atoms with E-state index in [1.807, 2.05) is 11.8 Å². The van der Waals surface area contributed by atoms with Crippen molar-refractivity contribution < 1.29 is 0 Å². The minimum Gasteiger partial charge on any atom is -0.335 e. The second-order valence-electron chi connectivity index (χ2n) is 5.78. The summed E-state index contributed by atoms with van der Waals surface area (Å²) in [5.74, 6) is 1.79. The molecular weight excluding hydrogens is 252 g/mol. The molecule has 2 nitrogen and oxygen atoms in total. The number of anilines is 1. The van der Waals surface area contributed by atoms with E-state index < -0.39 is 0 Å². The lowest BCUT2D eigenvalue weighted by molar-refractivity contribution is 0.485. The molecule has 19 heavy (non-hydrogen) atoms. The van der Waals surface area contributed by atoms with Gasteiger partial charge in [0.05, 0.1) is 6.04 Å². The lowest BCUT2D eigenvalue weighted by Crippen LogP contribution is -2.24. The summed E-state index contributed by atoms with van der Waals surface area (Å²) in [5, 5.41) is 4.63. The number of hydrogen-bond acceptors (Lipinski definition) is 3. The fourth-order valence-corrected chi connectivity index (χ4v) is 3.50. The van der Waals surface area contributed by atoms with Gasteiger partial charge in [0.2, 0.25) is 0 Å². The van der Waals surface area contributed by atoms with Crippen LogP contribution in [-0.2, 0) is 0 Å². The normalized spacial score (nSPS) is 19.5. The predicted octanol–water partition coefficient (Wildman–Crippen LogP) is 4.54. The molecule has 3 heteroatoms. The van der Waals surface area contributed by atoms with Crippen LogP contribution in [-0.4, -0.2) is 17.0 Å². The maximum Gasteiger partial charge on any atom is 0.161 e. The van der Waals surface area contributed by atoms with Crippen molar-refractivity contribution in [1.82, 2.24) is 0 Å². The van der Waals surface area contributed by atoms with Gasteiger partial charge >= 0.3 is 0 Å². The highest BCUT2D eigenvalue weighted by Gasteiger charge is 2.19. The van der Waals surface area contributed by atoms with E-state index in [1.165, 1.54) is 34.6 Å². The van der Waals surface area contributed by atoms with Crippen LogP contribution < -0.4 is 5.32 Å². The van der Waals surface area contributed by atoms with Crippen molar-refractivity contribution in [3.63, 3.8) is 0 Å². The molecule has 2 rings (SSSR count). The van der Waals surface area contributed by atoms with Gasteiger partial charge in [0, 0.05) is 11.4 Å². The average molecular weight is 276 g/mol. The number of nitrogens with one attached hydrogen (secondary N) is 1. The SMILES string of the molecule is Cc1cc(C)c(NC2=NC(C(C)C)CCS2)c(C)c1. The zero-order chi connectivity index (χ0) is 14.0. The minimum atomic E-state index is 0.467. The number of aryl methyl sites for hydroxylation is 3. The Bertz CT molecular complexity index is 469. The van der Waals surface area contributed by atoms with E-state index in [1.54, 1.807) is 0 Å². The Morgan fingerprint density at radius 2 is 1.84 bits per heavy atom. The molecule has 0 bridgehead atoms. The predicted molar refractivity (Wildman–Crippen MR) is 87.4 cm³/mol. The van der Waals surface area contributed by atoms with Gasteiger partial charge in [-0.2, -0.15) is 0 Å². The van der Waals surface area contributed by atoms with Crippen molar-refractivity contribution in [3.05, 3.63) is 28.8 Å². The van der Waals surface area contributed by atoms with Crippen LogP contribution in [0.5, 0.6) is 0 Å². The van der Waals surface area contributed by atoms with Crippen LogP contribution in [0.3, 0.4) is 0 Å². The van der Waals surface area contributed by atoms with Gasteiger partial charge in [0.15, 0.2) is 5.17 Å². The molecule has 1 aliphatic rings. The average Bonchev–Trinajstić information content (AvgIpc) is 2.34. The third-order valence-electron chi connectivity index (χ3n) is 3.61. The van der Waals surface area contributed by atoms with Crippen molar-refractivity contribution >= 4 is 22.6 Å². The van der Waals surface area contributed by atoms with Crippen molar-refractivity contribution in [2.24, 2.45) is 10.9 Å². The smallest absolute Gasteiger partial charge is 0.161 e. The molecule has 1 aliphatic heterocycles. The molecule has 1 unspecified atom stereocenters. The molecule has 0 saturated carbocycles. The lowest BCUT2D eigenvalue weighted by atomic mass is 10.0. The molecule has 0 amide bonds. The maximum absolute atomic E-state index is 4.85. The van der Waals surface area contributed by atoms with E-state index in [-0.39, 0.29) is 0 Å². The molecule has 0 spiro atoms. The van der Waals surface area contributed by atoms with E-state index in [9.17, 15) is 0 Å². The van der Waals surface area contributed by atoms with Crippen LogP contribution in [0.25, 0.3) is 0 Å². The summed E-state index contributed by atoms with van der Waals surface area (Å²) < 4.78 is 0. The van der Waals surface area contributed by atoms with E-state index in [4.69, 9.17) is 4.99 Å². The standard InChI is InChI=1S/C16H24N2S/c1-10(2)14-6-7-19-16(17-14)18-15-12(4)8-11(3)9-13(15)5/h8-10,14H,6-7H2,1-5H3,(H,17,18). The Hall–Kier alpha value is -0.960.